The monoisotopic (exact) mass is 324 g/mol. The number of para-hydroxylation sites is 2. The van der Waals surface area contributed by atoms with Crippen molar-refractivity contribution in [2.24, 2.45) is 5.41 Å². The lowest BCUT2D eigenvalue weighted by Crippen LogP contribution is -2.28. The zero-order valence-electron chi connectivity index (χ0n) is 14.2. The highest BCUT2D eigenvalue weighted by Gasteiger charge is 2.27. The van der Waals surface area contributed by atoms with Gasteiger partial charge in [-0.2, -0.15) is 0 Å². The van der Waals surface area contributed by atoms with E-state index in [4.69, 9.17) is 4.74 Å². The van der Waals surface area contributed by atoms with E-state index in [2.05, 4.69) is 5.32 Å². The Bertz CT molecular complexity index is 822. The number of carbonyl (C=O) groups excluding carboxylic acids is 2. The van der Waals surface area contributed by atoms with Crippen molar-refractivity contribution >= 4 is 23.2 Å². The lowest BCUT2D eigenvalue weighted by atomic mass is 9.95. The van der Waals surface area contributed by atoms with Gasteiger partial charge in [0.2, 0.25) is 5.91 Å². The molecule has 1 heterocycles. The van der Waals surface area contributed by atoms with Crippen LogP contribution < -0.4 is 15.0 Å². The molecule has 0 bridgehead atoms. The van der Waals surface area contributed by atoms with Gasteiger partial charge in [0.05, 0.1) is 11.3 Å². The largest absolute Gasteiger partial charge is 0.454 e. The Morgan fingerprint density at radius 3 is 2.50 bits per heavy atom. The van der Waals surface area contributed by atoms with Crippen LogP contribution in [0.1, 0.15) is 31.1 Å². The SMILES string of the molecule is CN1C(=O)c2cc(NC(=O)C(C)(C)C)ccc2Oc2ccccc21. The fourth-order valence-electron chi connectivity index (χ4n) is 2.41. The third-order valence-electron chi connectivity index (χ3n) is 3.90. The summed E-state index contributed by atoms with van der Waals surface area (Å²) in [4.78, 5) is 26.5. The quantitative estimate of drug-likeness (QED) is 0.861. The van der Waals surface area contributed by atoms with Crippen LogP contribution in [-0.2, 0) is 4.79 Å². The van der Waals surface area contributed by atoms with Gasteiger partial charge in [-0.15, -0.1) is 0 Å². The zero-order chi connectivity index (χ0) is 17.5. The Morgan fingerprint density at radius 2 is 1.79 bits per heavy atom. The van der Waals surface area contributed by atoms with Crippen LogP contribution >= 0.6 is 0 Å². The van der Waals surface area contributed by atoms with E-state index in [0.29, 0.717) is 28.4 Å². The molecule has 0 saturated heterocycles. The lowest BCUT2D eigenvalue weighted by Gasteiger charge is -2.18. The summed E-state index contributed by atoms with van der Waals surface area (Å²) < 4.78 is 5.90. The highest BCUT2D eigenvalue weighted by Crippen LogP contribution is 2.38. The zero-order valence-corrected chi connectivity index (χ0v) is 14.2. The van der Waals surface area contributed by atoms with Crippen molar-refractivity contribution in [2.45, 2.75) is 20.8 Å². The number of anilines is 2. The van der Waals surface area contributed by atoms with Crippen LogP contribution in [0.4, 0.5) is 11.4 Å². The standard InChI is InChI=1S/C19H20N2O3/c1-19(2,3)18(23)20-12-9-10-15-13(11-12)17(22)21(4)14-7-5-6-8-16(14)24-15/h5-11H,1-4H3,(H,20,23). The summed E-state index contributed by atoms with van der Waals surface area (Å²) >= 11 is 0. The summed E-state index contributed by atoms with van der Waals surface area (Å²) in [6, 6.07) is 12.5. The van der Waals surface area contributed by atoms with E-state index < -0.39 is 5.41 Å². The molecule has 0 aromatic heterocycles. The van der Waals surface area contributed by atoms with Gasteiger partial charge in [-0.05, 0) is 30.3 Å². The van der Waals surface area contributed by atoms with Gasteiger partial charge in [0, 0.05) is 18.2 Å². The number of hydrogen-bond donors (Lipinski definition) is 1. The van der Waals surface area contributed by atoms with Gasteiger partial charge in [-0.25, -0.2) is 0 Å². The second kappa shape index (κ2) is 5.67. The Morgan fingerprint density at radius 1 is 1.08 bits per heavy atom. The molecule has 1 aliphatic heterocycles. The van der Waals surface area contributed by atoms with Gasteiger partial charge >= 0.3 is 0 Å². The number of nitrogens with zero attached hydrogens (tertiary/aromatic N) is 1. The molecule has 5 heteroatoms. The molecule has 0 spiro atoms. The predicted molar refractivity (Wildman–Crippen MR) is 93.8 cm³/mol. The highest BCUT2D eigenvalue weighted by molar-refractivity contribution is 6.10. The number of carbonyl (C=O) groups is 2. The number of nitrogens with one attached hydrogen (secondary N) is 1. The van der Waals surface area contributed by atoms with E-state index in [1.165, 1.54) is 0 Å². The normalized spacial score (nSPS) is 13.5. The lowest BCUT2D eigenvalue weighted by molar-refractivity contribution is -0.123. The first-order chi connectivity index (χ1) is 11.3. The number of fused-ring (bicyclic) bond motifs is 2. The maximum absolute atomic E-state index is 12.8. The molecule has 1 N–H and O–H groups in total. The maximum Gasteiger partial charge on any atom is 0.261 e. The molecule has 0 aliphatic carbocycles. The fraction of sp³-hybridized carbons (Fsp3) is 0.263. The number of rotatable bonds is 1. The number of amides is 2. The summed E-state index contributed by atoms with van der Waals surface area (Å²) in [6.07, 6.45) is 0. The minimum atomic E-state index is -0.514. The van der Waals surface area contributed by atoms with Gasteiger partial charge in [-0.3, -0.25) is 9.59 Å². The Labute approximate surface area is 141 Å². The van der Waals surface area contributed by atoms with Crippen LogP contribution in [0.15, 0.2) is 42.5 Å². The van der Waals surface area contributed by atoms with Crippen molar-refractivity contribution in [3.8, 4) is 11.5 Å². The highest BCUT2D eigenvalue weighted by atomic mass is 16.5. The van der Waals surface area contributed by atoms with E-state index in [0.717, 1.165) is 0 Å². The number of benzene rings is 2. The molecule has 2 amide bonds. The minimum absolute atomic E-state index is 0.110. The predicted octanol–water partition coefficient (Wildman–Crippen LogP) is 4.05. The molecule has 0 saturated carbocycles. The minimum Gasteiger partial charge on any atom is -0.454 e. The van der Waals surface area contributed by atoms with Gasteiger partial charge < -0.3 is 15.0 Å². The smallest absolute Gasteiger partial charge is 0.261 e. The molecule has 0 fully saturated rings. The van der Waals surface area contributed by atoms with Gasteiger partial charge in [-0.1, -0.05) is 32.9 Å². The maximum atomic E-state index is 12.8. The van der Waals surface area contributed by atoms with Crippen LogP contribution in [0.3, 0.4) is 0 Å². The van der Waals surface area contributed by atoms with Gasteiger partial charge in [0.25, 0.3) is 5.91 Å². The molecular formula is C19H20N2O3. The van der Waals surface area contributed by atoms with Crippen molar-refractivity contribution in [1.29, 1.82) is 0 Å². The van der Waals surface area contributed by atoms with E-state index in [9.17, 15) is 9.59 Å². The molecule has 24 heavy (non-hydrogen) atoms. The van der Waals surface area contributed by atoms with Crippen LogP contribution in [0.2, 0.25) is 0 Å². The molecule has 2 aromatic carbocycles. The average molecular weight is 324 g/mol. The molecule has 3 rings (SSSR count). The average Bonchev–Trinajstić information content (AvgIpc) is 2.63. The molecule has 2 aromatic rings. The second-order valence-electron chi connectivity index (χ2n) is 6.85. The first-order valence-electron chi connectivity index (χ1n) is 7.78. The first kappa shape index (κ1) is 16.1. The van der Waals surface area contributed by atoms with Crippen molar-refractivity contribution in [1.82, 2.24) is 0 Å². The van der Waals surface area contributed by atoms with E-state index in [-0.39, 0.29) is 11.8 Å². The summed E-state index contributed by atoms with van der Waals surface area (Å²) in [5.41, 5.74) is 1.18. The molecule has 0 radical (unpaired) electrons. The summed E-state index contributed by atoms with van der Waals surface area (Å²) in [5.74, 6) is 0.812. The Balaban J connectivity index is 1.99. The molecule has 1 aliphatic rings. The van der Waals surface area contributed by atoms with E-state index in [1.807, 2.05) is 45.0 Å². The number of hydrogen-bond acceptors (Lipinski definition) is 3. The van der Waals surface area contributed by atoms with Crippen molar-refractivity contribution in [3.63, 3.8) is 0 Å². The third kappa shape index (κ3) is 2.85. The number of ether oxygens (including phenoxy) is 1. The van der Waals surface area contributed by atoms with Gasteiger partial charge in [0.15, 0.2) is 5.75 Å². The summed E-state index contributed by atoms with van der Waals surface area (Å²) in [5, 5.41) is 2.84. The third-order valence-corrected chi connectivity index (χ3v) is 3.90. The van der Waals surface area contributed by atoms with Crippen molar-refractivity contribution in [2.75, 3.05) is 17.3 Å². The molecule has 124 valence electrons. The summed E-state index contributed by atoms with van der Waals surface area (Å²) in [7, 11) is 1.71. The van der Waals surface area contributed by atoms with Crippen molar-refractivity contribution in [3.05, 3.63) is 48.0 Å². The Hall–Kier alpha value is -2.82. The van der Waals surface area contributed by atoms with E-state index >= 15 is 0 Å². The molecule has 5 nitrogen and oxygen atoms in total. The summed E-state index contributed by atoms with van der Waals surface area (Å²) in [6.45, 7) is 5.51. The van der Waals surface area contributed by atoms with Gasteiger partial charge in [0.1, 0.15) is 5.75 Å². The second-order valence-corrected chi connectivity index (χ2v) is 6.85. The molecule has 0 atom stereocenters. The van der Waals surface area contributed by atoms with E-state index in [1.54, 1.807) is 30.1 Å². The van der Waals surface area contributed by atoms with Crippen molar-refractivity contribution < 1.29 is 14.3 Å². The van der Waals surface area contributed by atoms with Crippen LogP contribution in [-0.4, -0.2) is 18.9 Å². The Kier molecular flexibility index (Phi) is 3.79. The molecular weight excluding hydrogens is 304 g/mol. The van der Waals surface area contributed by atoms with Crippen LogP contribution in [0.25, 0.3) is 0 Å². The van der Waals surface area contributed by atoms with Crippen LogP contribution in [0, 0.1) is 5.41 Å². The fourth-order valence-corrected chi connectivity index (χ4v) is 2.41. The van der Waals surface area contributed by atoms with Crippen LogP contribution in [0.5, 0.6) is 11.5 Å². The molecule has 0 unspecified atom stereocenters. The topological polar surface area (TPSA) is 58.6 Å². The first-order valence-corrected chi connectivity index (χ1v) is 7.78.